The summed E-state index contributed by atoms with van der Waals surface area (Å²) in [6, 6.07) is 13.1. The Kier molecular flexibility index (Phi) is 4.64. The third-order valence-corrected chi connectivity index (χ3v) is 4.99. The lowest BCUT2D eigenvalue weighted by Crippen LogP contribution is -2.26. The molecule has 6 nitrogen and oxygen atoms in total. The van der Waals surface area contributed by atoms with Crippen molar-refractivity contribution in [3.05, 3.63) is 70.6 Å². The number of amides is 1. The summed E-state index contributed by atoms with van der Waals surface area (Å²) in [5.41, 5.74) is 2.14. The maximum atomic E-state index is 12.3. The summed E-state index contributed by atoms with van der Waals surface area (Å²) in [6.07, 6.45) is 2.50. The molecule has 1 N–H and O–H groups in total. The molecule has 26 heavy (non-hydrogen) atoms. The van der Waals surface area contributed by atoms with Gasteiger partial charge in [-0.3, -0.25) is 9.20 Å². The first kappa shape index (κ1) is 16.7. The van der Waals surface area contributed by atoms with Gasteiger partial charge in [0, 0.05) is 35.1 Å². The highest BCUT2D eigenvalue weighted by atomic mass is 35.5. The molecule has 4 aromatic rings. The van der Waals surface area contributed by atoms with E-state index in [1.54, 1.807) is 17.5 Å². The Morgan fingerprint density at radius 3 is 2.85 bits per heavy atom. The van der Waals surface area contributed by atoms with Crippen LogP contribution in [0, 0.1) is 0 Å². The number of nitrogens with zero attached hydrogens (tertiary/aromatic N) is 4. The van der Waals surface area contributed by atoms with Gasteiger partial charge < -0.3 is 5.32 Å². The average Bonchev–Trinajstić information content (AvgIpc) is 3.30. The van der Waals surface area contributed by atoms with Crippen LogP contribution in [0.5, 0.6) is 0 Å². The number of thiazole rings is 1. The molecule has 0 unspecified atom stereocenters. The van der Waals surface area contributed by atoms with Gasteiger partial charge in [0.25, 0.3) is 5.91 Å². The summed E-state index contributed by atoms with van der Waals surface area (Å²) in [4.78, 5) is 16.7. The number of carbonyl (C=O) groups is 1. The van der Waals surface area contributed by atoms with E-state index in [2.05, 4.69) is 20.5 Å². The van der Waals surface area contributed by atoms with Crippen molar-refractivity contribution in [2.75, 3.05) is 6.54 Å². The minimum atomic E-state index is -0.199. The average molecular weight is 384 g/mol. The Bertz CT molecular complexity index is 1060. The van der Waals surface area contributed by atoms with Crippen molar-refractivity contribution in [2.24, 2.45) is 0 Å². The van der Waals surface area contributed by atoms with Crippen LogP contribution in [0.3, 0.4) is 0 Å². The topological polar surface area (TPSA) is 72.2 Å². The van der Waals surface area contributed by atoms with E-state index < -0.39 is 0 Å². The molecule has 0 fully saturated rings. The highest BCUT2D eigenvalue weighted by Crippen LogP contribution is 2.25. The second-order valence-electron chi connectivity index (χ2n) is 5.60. The lowest BCUT2D eigenvalue weighted by atomic mass is 10.2. The second-order valence-corrected chi connectivity index (χ2v) is 6.89. The summed E-state index contributed by atoms with van der Waals surface area (Å²) >= 11 is 7.33. The third-order valence-electron chi connectivity index (χ3n) is 3.85. The molecule has 0 atom stereocenters. The highest BCUT2D eigenvalue weighted by Gasteiger charge is 2.12. The fourth-order valence-corrected chi connectivity index (χ4v) is 3.48. The summed E-state index contributed by atoms with van der Waals surface area (Å²) in [7, 11) is 0. The van der Waals surface area contributed by atoms with Gasteiger partial charge in [0.15, 0.2) is 5.65 Å². The predicted octanol–water partition coefficient (Wildman–Crippen LogP) is 3.48. The van der Waals surface area contributed by atoms with E-state index in [-0.39, 0.29) is 5.91 Å². The molecule has 0 radical (unpaired) electrons. The fraction of sp³-hybridized carbons (Fsp3) is 0.111. The van der Waals surface area contributed by atoms with Gasteiger partial charge >= 0.3 is 0 Å². The van der Waals surface area contributed by atoms with Gasteiger partial charge in [-0.1, -0.05) is 29.8 Å². The molecule has 3 aromatic heterocycles. The van der Waals surface area contributed by atoms with Crippen LogP contribution < -0.4 is 5.32 Å². The van der Waals surface area contributed by atoms with E-state index in [0.717, 1.165) is 22.0 Å². The first-order valence-corrected chi connectivity index (χ1v) is 9.25. The number of benzene rings is 1. The maximum absolute atomic E-state index is 12.3. The number of aromatic nitrogens is 4. The molecule has 0 bridgehead atoms. The van der Waals surface area contributed by atoms with Crippen molar-refractivity contribution in [1.82, 2.24) is 24.9 Å². The lowest BCUT2D eigenvalue weighted by molar-refractivity contribution is 0.0949. The first-order chi connectivity index (χ1) is 12.7. The molecule has 0 spiro atoms. The summed E-state index contributed by atoms with van der Waals surface area (Å²) < 4.78 is 1.91. The molecule has 3 heterocycles. The zero-order chi connectivity index (χ0) is 17.9. The van der Waals surface area contributed by atoms with Gasteiger partial charge in [-0.2, -0.15) is 0 Å². The molecule has 0 aliphatic rings. The molecule has 0 aliphatic heterocycles. The predicted molar refractivity (Wildman–Crippen MR) is 102 cm³/mol. The molecule has 0 aliphatic carbocycles. The third kappa shape index (κ3) is 3.44. The Labute approximate surface area is 158 Å². The molecule has 4 rings (SSSR count). The Balaban J connectivity index is 1.39. The monoisotopic (exact) mass is 383 g/mol. The van der Waals surface area contributed by atoms with Crippen molar-refractivity contribution < 1.29 is 4.79 Å². The summed E-state index contributed by atoms with van der Waals surface area (Å²) in [6.45, 7) is 0.461. The van der Waals surface area contributed by atoms with E-state index in [1.807, 2.05) is 40.9 Å². The van der Waals surface area contributed by atoms with Gasteiger partial charge in [0.2, 0.25) is 0 Å². The number of hydrogen-bond acceptors (Lipinski definition) is 5. The van der Waals surface area contributed by atoms with Gasteiger partial charge in [0.1, 0.15) is 16.5 Å². The van der Waals surface area contributed by atoms with Crippen LogP contribution in [-0.2, 0) is 6.42 Å². The zero-order valence-electron chi connectivity index (χ0n) is 13.6. The van der Waals surface area contributed by atoms with Crippen LogP contribution in [0.2, 0.25) is 5.02 Å². The molecule has 0 saturated heterocycles. The van der Waals surface area contributed by atoms with Crippen LogP contribution in [0.1, 0.15) is 16.3 Å². The molecule has 0 saturated carbocycles. The van der Waals surface area contributed by atoms with E-state index in [9.17, 15) is 4.79 Å². The minimum Gasteiger partial charge on any atom is -0.350 e. The first-order valence-electron chi connectivity index (χ1n) is 7.99. The van der Waals surface area contributed by atoms with Crippen LogP contribution in [-0.4, -0.2) is 32.0 Å². The fourth-order valence-electron chi connectivity index (χ4n) is 2.54. The number of fused-ring (bicyclic) bond motifs is 1. The Hall–Kier alpha value is -2.77. The normalized spacial score (nSPS) is 11.0. The van der Waals surface area contributed by atoms with Crippen molar-refractivity contribution in [3.63, 3.8) is 0 Å². The van der Waals surface area contributed by atoms with Crippen molar-refractivity contribution in [3.8, 4) is 10.6 Å². The number of pyridine rings is 1. The van der Waals surface area contributed by atoms with Crippen molar-refractivity contribution in [2.45, 2.75) is 6.42 Å². The smallest absolute Gasteiger partial charge is 0.270 e. The molecular formula is C18H14ClN5OS. The SMILES string of the molecule is O=C(NCCc1nnc2ccccn12)c1csc(-c2ccc(Cl)cc2)n1. The van der Waals surface area contributed by atoms with Crippen LogP contribution in [0.4, 0.5) is 0 Å². The summed E-state index contributed by atoms with van der Waals surface area (Å²) in [5, 5.41) is 14.3. The number of halogens is 1. The van der Waals surface area contributed by atoms with Gasteiger partial charge in [0.05, 0.1) is 0 Å². The quantitative estimate of drug-likeness (QED) is 0.572. The van der Waals surface area contributed by atoms with Crippen LogP contribution >= 0.6 is 22.9 Å². The van der Waals surface area contributed by atoms with Crippen LogP contribution in [0.25, 0.3) is 16.2 Å². The Morgan fingerprint density at radius 1 is 1.15 bits per heavy atom. The van der Waals surface area contributed by atoms with Crippen LogP contribution in [0.15, 0.2) is 54.0 Å². The minimum absolute atomic E-state index is 0.199. The summed E-state index contributed by atoms with van der Waals surface area (Å²) in [5.74, 6) is 0.608. The van der Waals surface area contributed by atoms with E-state index in [4.69, 9.17) is 11.6 Å². The largest absolute Gasteiger partial charge is 0.350 e. The number of nitrogens with one attached hydrogen (secondary N) is 1. The van der Waals surface area contributed by atoms with Crippen molar-refractivity contribution >= 4 is 34.5 Å². The number of carbonyl (C=O) groups excluding carboxylic acids is 1. The van der Waals surface area contributed by atoms with Gasteiger partial charge in [-0.15, -0.1) is 21.5 Å². The molecule has 1 amide bonds. The zero-order valence-corrected chi connectivity index (χ0v) is 15.2. The molecular weight excluding hydrogens is 370 g/mol. The molecule has 130 valence electrons. The van der Waals surface area contributed by atoms with E-state index in [0.29, 0.717) is 23.7 Å². The standard InChI is InChI=1S/C18H14ClN5OS/c19-13-6-4-12(5-7-13)18-21-14(11-26-18)17(25)20-9-8-16-23-22-15-3-1-2-10-24(15)16/h1-7,10-11H,8-9H2,(H,20,25). The van der Waals surface area contributed by atoms with E-state index >= 15 is 0 Å². The highest BCUT2D eigenvalue weighted by molar-refractivity contribution is 7.13. The molecule has 1 aromatic carbocycles. The van der Waals surface area contributed by atoms with Crippen molar-refractivity contribution in [1.29, 1.82) is 0 Å². The maximum Gasteiger partial charge on any atom is 0.270 e. The lowest BCUT2D eigenvalue weighted by Gasteiger charge is -2.02. The van der Waals surface area contributed by atoms with E-state index in [1.165, 1.54) is 11.3 Å². The molecule has 8 heteroatoms. The van der Waals surface area contributed by atoms with Gasteiger partial charge in [-0.05, 0) is 24.3 Å². The number of hydrogen-bond donors (Lipinski definition) is 1. The Morgan fingerprint density at radius 2 is 2.00 bits per heavy atom. The number of rotatable bonds is 5. The second kappa shape index (κ2) is 7.23. The van der Waals surface area contributed by atoms with Gasteiger partial charge in [-0.25, -0.2) is 4.98 Å².